The third kappa shape index (κ3) is 3.02. The zero-order valence-corrected chi connectivity index (χ0v) is 8.59. The second-order valence-electron chi connectivity index (χ2n) is 2.16. The summed E-state index contributed by atoms with van der Waals surface area (Å²) in [6.45, 7) is 0. The third-order valence-corrected chi connectivity index (χ3v) is 1.62. The Labute approximate surface area is 83.2 Å². The van der Waals surface area contributed by atoms with Gasteiger partial charge in [0.25, 0.3) is 0 Å². The molecule has 0 aliphatic rings. The molecule has 72 valence electrons. The number of halogens is 1. The van der Waals surface area contributed by atoms with Crippen LogP contribution in [0, 0.1) is 0 Å². The zero-order chi connectivity index (χ0) is 9.68. The maximum absolute atomic E-state index is 11.0. The Kier molecular flexibility index (Phi) is 3.69. The number of aromatic nitrogens is 3. The summed E-state index contributed by atoms with van der Waals surface area (Å²) in [5.74, 6) is 0.165. The first kappa shape index (κ1) is 9.97. The number of methoxy groups -OCH3 is 1. The quantitative estimate of drug-likeness (QED) is 0.763. The fourth-order valence-electron chi connectivity index (χ4n) is 0.674. The number of aromatic amines is 1. The maximum atomic E-state index is 11.0. The van der Waals surface area contributed by atoms with Crippen LogP contribution in [0.5, 0.6) is 6.01 Å². The normalized spacial score (nSPS) is 9.69. The molecule has 0 bridgehead atoms. The number of amides is 1. The van der Waals surface area contributed by atoms with Gasteiger partial charge in [0.15, 0.2) is 0 Å². The lowest BCUT2D eigenvalue weighted by molar-refractivity contribution is -0.115. The van der Waals surface area contributed by atoms with Crippen LogP contribution in [0.1, 0.15) is 6.42 Å². The van der Waals surface area contributed by atoms with Gasteiger partial charge in [-0.15, -0.1) is 5.10 Å². The molecular weight excluding hydrogens is 240 g/mol. The van der Waals surface area contributed by atoms with E-state index in [0.29, 0.717) is 17.7 Å². The van der Waals surface area contributed by atoms with Crippen LogP contribution in [0.3, 0.4) is 0 Å². The minimum Gasteiger partial charge on any atom is -0.466 e. The van der Waals surface area contributed by atoms with Crippen molar-refractivity contribution in [2.75, 3.05) is 17.8 Å². The van der Waals surface area contributed by atoms with Crippen LogP contribution < -0.4 is 10.1 Å². The topological polar surface area (TPSA) is 79.9 Å². The van der Waals surface area contributed by atoms with E-state index < -0.39 is 0 Å². The van der Waals surface area contributed by atoms with Gasteiger partial charge in [0.2, 0.25) is 11.9 Å². The minimum absolute atomic E-state index is 0.129. The van der Waals surface area contributed by atoms with Crippen molar-refractivity contribution in [2.45, 2.75) is 6.42 Å². The van der Waals surface area contributed by atoms with Gasteiger partial charge in [0.1, 0.15) is 0 Å². The number of hydrogen-bond acceptors (Lipinski definition) is 4. The number of alkyl halides is 1. The summed E-state index contributed by atoms with van der Waals surface area (Å²) in [4.78, 5) is 14.9. The average Bonchev–Trinajstić information content (AvgIpc) is 2.52. The maximum Gasteiger partial charge on any atom is 0.336 e. The molecule has 0 spiro atoms. The second kappa shape index (κ2) is 4.80. The number of carbonyl (C=O) groups is 1. The molecule has 0 aliphatic carbocycles. The first-order chi connectivity index (χ1) is 6.26. The van der Waals surface area contributed by atoms with Crippen LogP contribution in [0.4, 0.5) is 5.95 Å². The molecule has 0 unspecified atom stereocenters. The van der Waals surface area contributed by atoms with E-state index in [1.165, 1.54) is 7.11 Å². The molecule has 0 fully saturated rings. The van der Waals surface area contributed by atoms with Gasteiger partial charge in [-0.2, -0.15) is 4.98 Å². The van der Waals surface area contributed by atoms with Crippen LogP contribution in [-0.4, -0.2) is 33.5 Å². The van der Waals surface area contributed by atoms with Gasteiger partial charge in [-0.05, 0) is 0 Å². The Bertz CT molecular complexity index is 288. The van der Waals surface area contributed by atoms with E-state index in [1.54, 1.807) is 0 Å². The van der Waals surface area contributed by atoms with Gasteiger partial charge in [-0.1, -0.05) is 15.9 Å². The van der Waals surface area contributed by atoms with Crippen molar-refractivity contribution in [1.82, 2.24) is 15.2 Å². The molecule has 0 aromatic carbocycles. The van der Waals surface area contributed by atoms with Crippen molar-refractivity contribution in [3.63, 3.8) is 0 Å². The van der Waals surface area contributed by atoms with Crippen molar-refractivity contribution in [3.05, 3.63) is 0 Å². The molecule has 7 heteroatoms. The Balaban J connectivity index is 2.49. The van der Waals surface area contributed by atoms with Gasteiger partial charge in [0.05, 0.1) is 7.11 Å². The lowest BCUT2D eigenvalue weighted by Gasteiger charge is -1.96. The highest BCUT2D eigenvalue weighted by molar-refractivity contribution is 9.09. The number of nitrogens with zero attached hydrogens (tertiary/aromatic N) is 2. The minimum atomic E-state index is -0.129. The van der Waals surface area contributed by atoms with Crippen LogP contribution in [-0.2, 0) is 4.79 Å². The van der Waals surface area contributed by atoms with Crippen LogP contribution in [0.2, 0.25) is 0 Å². The number of anilines is 1. The second-order valence-corrected chi connectivity index (χ2v) is 2.95. The summed E-state index contributed by atoms with van der Waals surface area (Å²) in [5, 5.41) is 9.31. The molecule has 1 rings (SSSR count). The van der Waals surface area contributed by atoms with Crippen molar-refractivity contribution < 1.29 is 9.53 Å². The molecule has 6 nitrogen and oxygen atoms in total. The smallest absolute Gasteiger partial charge is 0.336 e. The fraction of sp³-hybridized carbons (Fsp3) is 0.500. The monoisotopic (exact) mass is 248 g/mol. The Morgan fingerprint density at radius 3 is 3.08 bits per heavy atom. The highest BCUT2D eigenvalue weighted by atomic mass is 79.9. The van der Waals surface area contributed by atoms with Crippen molar-refractivity contribution in [1.29, 1.82) is 0 Å². The molecule has 13 heavy (non-hydrogen) atoms. The molecule has 0 radical (unpaired) electrons. The number of nitrogens with one attached hydrogen (secondary N) is 2. The summed E-state index contributed by atoms with van der Waals surface area (Å²) in [5.41, 5.74) is 0. The molecular formula is C6H9BrN4O2. The lowest BCUT2D eigenvalue weighted by Crippen LogP contribution is -2.12. The standard InChI is InChI=1S/C6H9BrN4O2/c1-13-6-9-5(10-11-6)8-4(12)2-3-7/h2-3H2,1H3,(H2,8,9,10,11,12). The summed E-state index contributed by atoms with van der Waals surface area (Å²) < 4.78 is 4.72. The van der Waals surface area contributed by atoms with E-state index in [-0.39, 0.29) is 11.9 Å². The predicted molar refractivity (Wildman–Crippen MR) is 50.0 cm³/mol. The Hall–Kier alpha value is -1.11. The first-order valence-corrected chi connectivity index (χ1v) is 4.70. The molecule has 0 aliphatic heterocycles. The summed E-state index contributed by atoms with van der Waals surface area (Å²) >= 11 is 3.15. The van der Waals surface area contributed by atoms with Crippen molar-refractivity contribution >= 4 is 27.8 Å². The van der Waals surface area contributed by atoms with Crippen LogP contribution in [0.15, 0.2) is 0 Å². The van der Waals surface area contributed by atoms with E-state index in [4.69, 9.17) is 4.74 Å². The van der Waals surface area contributed by atoms with Crippen molar-refractivity contribution in [3.8, 4) is 6.01 Å². The van der Waals surface area contributed by atoms with E-state index >= 15 is 0 Å². The fourth-order valence-corrected chi connectivity index (χ4v) is 1.03. The van der Waals surface area contributed by atoms with Gasteiger partial charge in [-0.3, -0.25) is 10.1 Å². The molecule has 1 heterocycles. The number of rotatable bonds is 4. The van der Waals surface area contributed by atoms with Crippen LogP contribution >= 0.6 is 15.9 Å². The van der Waals surface area contributed by atoms with Crippen molar-refractivity contribution in [2.24, 2.45) is 0 Å². The average molecular weight is 249 g/mol. The number of carbonyl (C=O) groups excluding carboxylic acids is 1. The molecule has 0 saturated carbocycles. The number of H-pyrrole nitrogens is 1. The van der Waals surface area contributed by atoms with E-state index in [9.17, 15) is 4.79 Å². The number of hydrogen-bond donors (Lipinski definition) is 2. The van der Waals surface area contributed by atoms with Gasteiger partial charge in [-0.25, -0.2) is 5.10 Å². The summed E-state index contributed by atoms with van der Waals surface area (Å²) in [6.07, 6.45) is 0.392. The van der Waals surface area contributed by atoms with Crippen LogP contribution in [0.25, 0.3) is 0 Å². The number of ether oxygens (including phenoxy) is 1. The van der Waals surface area contributed by atoms with Gasteiger partial charge in [0, 0.05) is 11.8 Å². The largest absolute Gasteiger partial charge is 0.466 e. The van der Waals surface area contributed by atoms with Gasteiger partial charge >= 0.3 is 6.01 Å². The zero-order valence-electron chi connectivity index (χ0n) is 7.00. The molecule has 0 atom stereocenters. The Morgan fingerprint density at radius 2 is 2.54 bits per heavy atom. The molecule has 1 aromatic heterocycles. The highest BCUT2D eigenvalue weighted by Crippen LogP contribution is 2.04. The Morgan fingerprint density at radius 1 is 1.77 bits per heavy atom. The predicted octanol–water partition coefficient (Wildman–Crippen LogP) is 0.537. The third-order valence-electron chi connectivity index (χ3n) is 1.23. The van der Waals surface area contributed by atoms with Gasteiger partial charge < -0.3 is 4.74 Å². The summed E-state index contributed by atoms with van der Waals surface area (Å²) in [7, 11) is 1.45. The van der Waals surface area contributed by atoms with E-state index in [1.807, 2.05) is 0 Å². The molecule has 1 aromatic rings. The highest BCUT2D eigenvalue weighted by Gasteiger charge is 2.05. The first-order valence-electron chi connectivity index (χ1n) is 3.58. The molecule has 2 N–H and O–H groups in total. The van der Waals surface area contributed by atoms with E-state index in [0.717, 1.165) is 0 Å². The molecule has 0 saturated heterocycles. The lowest BCUT2D eigenvalue weighted by atomic mass is 10.5. The molecule has 1 amide bonds. The SMILES string of the molecule is COc1n[nH]c(NC(=O)CCBr)n1. The van der Waals surface area contributed by atoms with E-state index in [2.05, 4.69) is 36.4 Å². The summed E-state index contributed by atoms with van der Waals surface area (Å²) in [6, 6.07) is 0.203.